The Morgan fingerprint density at radius 1 is 1.32 bits per heavy atom. The number of hydrogen-bond acceptors (Lipinski definition) is 2. The van der Waals surface area contributed by atoms with E-state index in [-0.39, 0.29) is 17.8 Å². The van der Waals surface area contributed by atoms with Gasteiger partial charge < -0.3 is 4.90 Å². The Kier molecular flexibility index (Phi) is 4.12. The molecule has 0 N–H and O–H groups in total. The summed E-state index contributed by atoms with van der Waals surface area (Å²) in [6.45, 7) is 2.56. The first kappa shape index (κ1) is 15.0. The second-order valence-electron chi connectivity index (χ2n) is 5.56. The third-order valence-corrected chi connectivity index (χ3v) is 4.12. The second-order valence-corrected chi connectivity index (χ2v) is 5.95. The van der Waals surface area contributed by atoms with E-state index < -0.39 is 0 Å². The monoisotopic (exact) mass is 318 g/mol. The SMILES string of the molecule is Cc1cc(Cl)nc(C(=O)N2CCCC2c2ccc(F)cc2)c1. The summed E-state index contributed by atoms with van der Waals surface area (Å²) in [6.07, 6.45) is 1.80. The Labute approximate surface area is 133 Å². The van der Waals surface area contributed by atoms with Gasteiger partial charge in [-0.25, -0.2) is 9.37 Å². The van der Waals surface area contributed by atoms with Crippen LogP contribution in [0.25, 0.3) is 0 Å². The van der Waals surface area contributed by atoms with Crippen LogP contribution in [-0.4, -0.2) is 22.3 Å². The number of benzene rings is 1. The fourth-order valence-electron chi connectivity index (χ4n) is 2.92. The largest absolute Gasteiger partial charge is 0.330 e. The Hall–Kier alpha value is -1.94. The average Bonchev–Trinajstić information content (AvgIpc) is 2.95. The number of aryl methyl sites for hydroxylation is 1. The van der Waals surface area contributed by atoms with E-state index in [0.717, 1.165) is 24.0 Å². The molecule has 22 heavy (non-hydrogen) atoms. The van der Waals surface area contributed by atoms with Gasteiger partial charge in [-0.2, -0.15) is 0 Å². The van der Waals surface area contributed by atoms with Gasteiger partial charge in [0.05, 0.1) is 6.04 Å². The number of rotatable bonds is 2. The molecule has 2 heterocycles. The molecule has 1 amide bonds. The number of nitrogens with zero attached hydrogens (tertiary/aromatic N) is 2. The molecule has 3 nitrogen and oxygen atoms in total. The topological polar surface area (TPSA) is 33.2 Å². The Bertz CT molecular complexity index is 682. The van der Waals surface area contributed by atoms with Gasteiger partial charge in [-0.3, -0.25) is 4.79 Å². The van der Waals surface area contributed by atoms with Crippen molar-refractivity contribution in [2.45, 2.75) is 25.8 Å². The third kappa shape index (κ3) is 2.97. The molecule has 1 saturated heterocycles. The van der Waals surface area contributed by atoms with Gasteiger partial charge in [-0.05, 0) is 55.2 Å². The lowest BCUT2D eigenvalue weighted by Gasteiger charge is -2.25. The molecule has 0 aliphatic carbocycles. The molecule has 114 valence electrons. The normalized spacial score (nSPS) is 17.8. The van der Waals surface area contributed by atoms with Crippen LogP contribution in [0.15, 0.2) is 36.4 Å². The number of halogens is 2. The molecule has 1 atom stereocenters. The molecule has 1 fully saturated rings. The predicted octanol–water partition coefficient (Wildman–Crippen LogP) is 4.16. The van der Waals surface area contributed by atoms with E-state index in [4.69, 9.17) is 11.6 Å². The third-order valence-electron chi connectivity index (χ3n) is 3.93. The van der Waals surface area contributed by atoms with Crippen molar-refractivity contribution in [1.29, 1.82) is 0 Å². The Balaban J connectivity index is 1.89. The van der Waals surface area contributed by atoms with Crippen LogP contribution >= 0.6 is 11.6 Å². The molecule has 1 aliphatic heterocycles. The van der Waals surface area contributed by atoms with Crippen LogP contribution in [0.2, 0.25) is 5.15 Å². The molecule has 0 bridgehead atoms. The highest BCUT2D eigenvalue weighted by molar-refractivity contribution is 6.29. The molecule has 1 unspecified atom stereocenters. The summed E-state index contributed by atoms with van der Waals surface area (Å²) >= 11 is 5.95. The summed E-state index contributed by atoms with van der Waals surface area (Å²) in [6, 6.07) is 9.77. The molecule has 1 aliphatic rings. The number of hydrogen-bond donors (Lipinski definition) is 0. The van der Waals surface area contributed by atoms with Crippen molar-refractivity contribution < 1.29 is 9.18 Å². The highest BCUT2D eigenvalue weighted by Gasteiger charge is 2.31. The van der Waals surface area contributed by atoms with Crippen LogP contribution in [0.4, 0.5) is 4.39 Å². The number of carbonyl (C=O) groups is 1. The standard InChI is InChI=1S/C17H16ClFN2O/c1-11-9-14(20-16(18)10-11)17(22)21-8-2-3-15(21)12-4-6-13(19)7-5-12/h4-7,9-10,15H,2-3,8H2,1H3. The van der Waals surface area contributed by atoms with Crippen LogP contribution in [0.3, 0.4) is 0 Å². The average molecular weight is 319 g/mol. The van der Waals surface area contributed by atoms with Gasteiger partial charge in [0, 0.05) is 6.54 Å². The van der Waals surface area contributed by atoms with Gasteiger partial charge in [0.25, 0.3) is 5.91 Å². The lowest BCUT2D eigenvalue weighted by molar-refractivity contribution is 0.0729. The van der Waals surface area contributed by atoms with E-state index in [2.05, 4.69) is 4.98 Å². The minimum absolute atomic E-state index is 0.0332. The number of carbonyl (C=O) groups excluding carboxylic acids is 1. The molecule has 0 saturated carbocycles. The molecule has 1 aromatic carbocycles. The van der Waals surface area contributed by atoms with Crippen molar-refractivity contribution in [2.24, 2.45) is 0 Å². The predicted molar refractivity (Wildman–Crippen MR) is 83.4 cm³/mol. The molecule has 3 rings (SSSR count). The maximum Gasteiger partial charge on any atom is 0.273 e. The summed E-state index contributed by atoms with van der Waals surface area (Å²) in [7, 11) is 0. The summed E-state index contributed by atoms with van der Waals surface area (Å²) in [4.78, 5) is 18.7. The van der Waals surface area contributed by atoms with Crippen LogP contribution in [0.1, 0.15) is 40.5 Å². The fraction of sp³-hybridized carbons (Fsp3) is 0.294. The maximum absolute atomic E-state index is 13.1. The van der Waals surface area contributed by atoms with Crippen molar-refractivity contribution >= 4 is 17.5 Å². The summed E-state index contributed by atoms with van der Waals surface area (Å²) in [5.41, 5.74) is 2.21. The molecule has 5 heteroatoms. The zero-order chi connectivity index (χ0) is 15.7. The Morgan fingerprint density at radius 2 is 2.05 bits per heavy atom. The summed E-state index contributed by atoms with van der Waals surface area (Å²) < 4.78 is 13.1. The van der Waals surface area contributed by atoms with Crippen LogP contribution < -0.4 is 0 Å². The quantitative estimate of drug-likeness (QED) is 0.779. The molecule has 1 aromatic heterocycles. The van der Waals surface area contributed by atoms with Gasteiger partial charge in [0.15, 0.2) is 0 Å². The van der Waals surface area contributed by atoms with Crippen LogP contribution in [0, 0.1) is 12.7 Å². The van der Waals surface area contributed by atoms with Crippen molar-refractivity contribution in [3.05, 3.63) is 64.2 Å². The van der Waals surface area contributed by atoms with Crippen molar-refractivity contribution in [3.63, 3.8) is 0 Å². The van der Waals surface area contributed by atoms with Gasteiger partial charge in [0.1, 0.15) is 16.7 Å². The van der Waals surface area contributed by atoms with Gasteiger partial charge in [-0.1, -0.05) is 23.7 Å². The first-order valence-corrected chi connectivity index (χ1v) is 7.63. The molecule has 0 radical (unpaired) electrons. The number of aromatic nitrogens is 1. The van der Waals surface area contributed by atoms with Crippen molar-refractivity contribution in [3.8, 4) is 0 Å². The minimum atomic E-state index is -0.272. The maximum atomic E-state index is 13.1. The molecule has 0 spiro atoms. The van der Waals surface area contributed by atoms with E-state index in [1.54, 1.807) is 29.2 Å². The lowest BCUT2D eigenvalue weighted by atomic mass is 10.0. The van der Waals surface area contributed by atoms with E-state index in [1.165, 1.54) is 12.1 Å². The second kappa shape index (κ2) is 6.05. The minimum Gasteiger partial charge on any atom is -0.330 e. The molecular formula is C17H16ClFN2O. The molecular weight excluding hydrogens is 303 g/mol. The molecule has 2 aromatic rings. The van der Waals surface area contributed by atoms with Gasteiger partial charge in [0.2, 0.25) is 0 Å². The van der Waals surface area contributed by atoms with Gasteiger partial charge >= 0.3 is 0 Å². The lowest BCUT2D eigenvalue weighted by Crippen LogP contribution is -2.31. The zero-order valence-electron chi connectivity index (χ0n) is 12.2. The smallest absolute Gasteiger partial charge is 0.273 e. The summed E-state index contributed by atoms with van der Waals surface area (Å²) in [5, 5.41) is 0.320. The van der Waals surface area contributed by atoms with E-state index >= 15 is 0 Å². The summed E-state index contributed by atoms with van der Waals surface area (Å²) in [5.74, 6) is -0.399. The Morgan fingerprint density at radius 3 is 2.73 bits per heavy atom. The highest BCUT2D eigenvalue weighted by atomic mass is 35.5. The van der Waals surface area contributed by atoms with Crippen molar-refractivity contribution in [1.82, 2.24) is 9.88 Å². The first-order valence-electron chi connectivity index (χ1n) is 7.25. The highest BCUT2D eigenvalue weighted by Crippen LogP contribution is 2.33. The first-order chi connectivity index (χ1) is 10.5. The fourth-order valence-corrected chi connectivity index (χ4v) is 3.19. The van der Waals surface area contributed by atoms with E-state index in [0.29, 0.717) is 17.4 Å². The number of likely N-dealkylation sites (tertiary alicyclic amines) is 1. The van der Waals surface area contributed by atoms with Crippen molar-refractivity contribution in [2.75, 3.05) is 6.54 Å². The van der Waals surface area contributed by atoms with Crippen LogP contribution in [0.5, 0.6) is 0 Å². The zero-order valence-corrected chi connectivity index (χ0v) is 13.0. The van der Waals surface area contributed by atoms with E-state index in [9.17, 15) is 9.18 Å². The van der Waals surface area contributed by atoms with Crippen LogP contribution in [-0.2, 0) is 0 Å². The van der Waals surface area contributed by atoms with E-state index in [1.807, 2.05) is 6.92 Å². The number of amides is 1. The van der Waals surface area contributed by atoms with Gasteiger partial charge in [-0.15, -0.1) is 0 Å². The number of pyridine rings is 1.